The van der Waals surface area contributed by atoms with Crippen LogP contribution in [0.4, 0.5) is 0 Å². The average Bonchev–Trinajstić information content (AvgIpc) is 3.07. The van der Waals surface area contributed by atoms with Crippen molar-refractivity contribution < 1.29 is 9.53 Å². The fraction of sp³-hybridized carbons (Fsp3) is 0.462. The maximum atomic E-state index is 12.6. The fourth-order valence-electron chi connectivity index (χ4n) is 2.35. The molecule has 0 saturated carbocycles. The predicted molar refractivity (Wildman–Crippen MR) is 71.1 cm³/mol. The molecule has 106 valence electrons. The normalized spacial score (nSPS) is 19.3. The Morgan fingerprint density at radius 3 is 3.05 bits per heavy atom. The lowest BCUT2D eigenvalue weighted by Gasteiger charge is -2.33. The second-order valence-electron chi connectivity index (χ2n) is 4.92. The van der Waals surface area contributed by atoms with Gasteiger partial charge in [-0.15, -0.1) is 0 Å². The smallest absolute Gasteiger partial charge is 0.275 e. The van der Waals surface area contributed by atoms with E-state index >= 15 is 0 Å². The molecule has 0 spiro atoms. The Labute approximate surface area is 116 Å². The van der Waals surface area contributed by atoms with E-state index < -0.39 is 0 Å². The van der Waals surface area contributed by atoms with E-state index in [9.17, 15) is 4.79 Å². The average molecular weight is 275 g/mol. The first-order valence-corrected chi connectivity index (χ1v) is 6.55. The van der Waals surface area contributed by atoms with E-state index in [-0.39, 0.29) is 11.9 Å². The molecule has 3 heterocycles. The second-order valence-corrected chi connectivity index (χ2v) is 4.92. The van der Waals surface area contributed by atoms with Crippen LogP contribution in [0.1, 0.15) is 28.0 Å². The molecule has 1 atom stereocenters. The summed E-state index contributed by atoms with van der Waals surface area (Å²) in [5, 5.41) is 4.17. The molecule has 0 bridgehead atoms. The largest absolute Gasteiger partial charge is 0.377 e. The topological polar surface area (TPSA) is 76.0 Å². The number of aromatic amines is 1. The molecule has 1 aliphatic rings. The van der Waals surface area contributed by atoms with Crippen molar-refractivity contribution in [3.8, 4) is 0 Å². The maximum absolute atomic E-state index is 12.6. The van der Waals surface area contributed by atoms with Gasteiger partial charge in [0.2, 0.25) is 0 Å². The van der Waals surface area contributed by atoms with E-state index in [2.05, 4.69) is 15.1 Å². The van der Waals surface area contributed by atoms with Crippen LogP contribution in [0.25, 0.3) is 0 Å². The zero-order valence-corrected chi connectivity index (χ0v) is 11.5. The summed E-state index contributed by atoms with van der Waals surface area (Å²) in [6.07, 6.45) is 3.52. The molecule has 3 rings (SSSR count). The van der Waals surface area contributed by atoms with E-state index in [0.29, 0.717) is 25.5 Å². The molecule has 1 saturated heterocycles. The summed E-state index contributed by atoms with van der Waals surface area (Å²) < 4.78 is 7.11. The third-order valence-electron chi connectivity index (χ3n) is 3.36. The van der Waals surface area contributed by atoms with Crippen LogP contribution in [0.15, 0.2) is 18.5 Å². The summed E-state index contributed by atoms with van der Waals surface area (Å²) in [5.41, 5.74) is 1.42. The fourth-order valence-corrected chi connectivity index (χ4v) is 2.35. The van der Waals surface area contributed by atoms with Gasteiger partial charge < -0.3 is 14.6 Å². The van der Waals surface area contributed by atoms with Gasteiger partial charge >= 0.3 is 0 Å². The number of H-pyrrole nitrogens is 1. The first-order valence-electron chi connectivity index (χ1n) is 6.55. The van der Waals surface area contributed by atoms with E-state index in [1.165, 1.54) is 0 Å². The van der Waals surface area contributed by atoms with Gasteiger partial charge in [0.25, 0.3) is 5.91 Å². The molecule has 1 amide bonds. The number of carbonyl (C=O) groups is 1. The number of morpholine rings is 1. The minimum absolute atomic E-state index is 0.0899. The number of nitrogens with one attached hydrogen (secondary N) is 1. The summed E-state index contributed by atoms with van der Waals surface area (Å²) in [7, 11) is 1.80. The lowest BCUT2D eigenvalue weighted by atomic mass is 10.2. The van der Waals surface area contributed by atoms with Gasteiger partial charge in [-0.3, -0.25) is 9.48 Å². The molecule has 2 aromatic heterocycles. The van der Waals surface area contributed by atoms with Gasteiger partial charge in [-0.05, 0) is 13.0 Å². The van der Waals surface area contributed by atoms with E-state index in [1.807, 2.05) is 6.92 Å². The molecule has 7 nitrogen and oxygen atoms in total. The first kappa shape index (κ1) is 12.9. The summed E-state index contributed by atoms with van der Waals surface area (Å²) >= 11 is 0. The van der Waals surface area contributed by atoms with Gasteiger partial charge in [-0.25, -0.2) is 4.98 Å². The zero-order chi connectivity index (χ0) is 14.1. The Hall–Kier alpha value is -2.15. The van der Waals surface area contributed by atoms with Crippen LogP contribution in [-0.4, -0.2) is 50.3 Å². The third-order valence-corrected chi connectivity index (χ3v) is 3.36. The molecule has 1 fully saturated rings. The molecular weight excluding hydrogens is 258 g/mol. The number of aromatic nitrogens is 4. The van der Waals surface area contributed by atoms with Gasteiger partial charge in [0.05, 0.1) is 13.2 Å². The quantitative estimate of drug-likeness (QED) is 0.873. The predicted octanol–water partition coefficient (Wildman–Crippen LogP) is 0.665. The number of aryl methyl sites for hydroxylation is 2. The highest BCUT2D eigenvalue weighted by atomic mass is 16.5. The number of hydrogen-bond donors (Lipinski definition) is 1. The Morgan fingerprint density at radius 2 is 2.40 bits per heavy atom. The molecule has 20 heavy (non-hydrogen) atoms. The van der Waals surface area contributed by atoms with E-state index in [0.717, 1.165) is 11.5 Å². The lowest BCUT2D eigenvalue weighted by molar-refractivity contribution is -0.00535. The molecular formula is C13H17N5O2. The standard InChI is InChI=1S/C13H17N5O2/c1-9-7-14-12(15-9)11-8-20-6-5-18(11)13(19)10-3-4-17(2)16-10/h3-4,7,11H,5-6,8H2,1-2H3,(H,14,15). The van der Waals surface area contributed by atoms with Gasteiger partial charge in [-0.1, -0.05) is 0 Å². The molecule has 7 heteroatoms. The number of ether oxygens (including phenoxy) is 1. The van der Waals surface area contributed by atoms with Gasteiger partial charge in [0.15, 0.2) is 0 Å². The van der Waals surface area contributed by atoms with Crippen molar-refractivity contribution in [1.82, 2.24) is 24.6 Å². The molecule has 2 aromatic rings. The number of nitrogens with zero attached hydrogens (tertiary/aromatic N) is 4. The molecule has 1 unspecified atom stereocenters. The monoisotopic (exact) mass is 275 g/mol. The number of rotatable bonds is 2. The van der Waals surface area contributed by atoms with Crippen LogP contribution < -0.4 is 0 Å². The summed E-state index contributed by atoms with van der Waals surface area (Å²) in [5.74, 6) is 0.666. The van der Waals surface area contributed by atoms with Crippen molar-refractivity contribution in [3.05, 3.63) is 35.7 Å². The van der Waals surface area contributed by atoms with Crippen molar-refractivity contribution >= 4 is 5.91 Å². The third kappa shape index (κ3) is 2.32. The number of carbonyl (C=O) groups excluding carboxylic acids is 1. The van der Waals surface area contributed by atoms with Crippen molar-refractivity contribution in [2.45, 2.75) is 13.0 Å². The highest BCUT2D eigenvalue weighted by Crippen LogP contribution is 2.23. The maximum Gasteiger partial charge on any atom is 0.275 e. The van der Waals surface area contributed by atoms with Crippen LogP contribution in [0.2, 0.25) is 0 Å². The Morgan fingerprint density at radius 1 is 1.55 bits per heavy atom. The Balaban J connectivity index is 1.87. The molecule has 0 aromatic carbocycles. The summed E-state index contributed by atoms with van der Waals surface area (Å²) in [6.45, 7) is 3.46. The Kier molecular flexibility index (Phi) is 3.27. The van der Waals surface area contributed by atoms with Gasteiger partial charge in [-0.2, -0.15) is 5.10 Å². The molecule has 1 aliphatic heterocycles. The SMILES string of the molecule is Cc1cnc(C2COCCN2C(=O)c2ccn(C)n2)[nH]1. The molecule has 0 aliphatic carbocycles. The minimum Gasteiger partial charge on any atom is -0.377 e. The first-order chi connectivity index (χ1) is 9.65. The minimum atomic E-state index is -0.188. The van der Waals surface area contributed by atoms with Crippen LogP contribution in [0.5, 0.6) is 0 Å². The van der Waals surface area contributed by atoms with Crippen LogP contribution in [0, 0.1) is 6.92 Å². The van der Waals surface area contributed by atoms with Gasteiger partial charge in [0.1, 0.15) is 17.6 Å². The van der Waals surface area contributed by atoms with Crippen molar-refractivity contribution in [1.29, 1.82) is 0 Å². The van der Waals surface area contributed by atoms with Crippen molar-refractivity contribution in [3.63, 3.8) is 0 Å². The van der Waals surface area contributed by atoms with E-state index in [1.54, 1.807) is 35.1 Å². The highest BCUT2D eigenvalue weighted by Gasteiger charge is 2.32. The van der Waals surface area contributed by atoms with Crippen LogP contribution in [0.3, 0.4) is 0 Å². The van der Waals surface area contributed by atoms with Gasteiger partial charge in [0, 0.05) is 31.7 Å². The lowest BCUT2D eigenvalue weighted by Crippen LogP contribution is -2.44. The molecule has 0 radical (unpaired) electrons. The number of imidazole rings is 1. The number of hydrogen-bond acceptors (Lipinski definition) is 4. The molecule has 1 N–H and O–H groups in total. The highest BCUT2D eigenvalue weighted by molar-refractivity contribution is 5.92. The summed E-state index contributed by atoms with van der Waals surface area (Å²) in [4.78, 5) is 21.8. The van der Waals surface area contributed by atoms with Crippen LogP contribution in [-0.2, 0) is 11.8 Å². The van der Waals surface area contributed by atoms with E-state index in [4.69, 9.17) is 4.74 Å². The van der Waals surface area contributed by atoms with Crippen molar-refractivity contribution in [2.24, 2.45) is 7.05 Å². The zero-order valence-electron chi connectivity index (χ0n) is 11.5. The summed E-state index contributed by atoms with van der Waals surface area (Å²) in [6, 6.07) is 1.54. The second kappa shape index (κ2) is 5.09. The van der Waals surface area contributed by atoms with Crippen molar-refractivity contribution in [2.75, 3.05) is 19.8 Å². The Bertz CT molecular complexity index is 618. The van der Waals surface area contributed by atoms with Crippen LogP contribution >= 0.6 is 0 Å². The number of amides is 1.